The standard InChI is InChI=1S/C42H30O/c1-25-22-23-28-33(24-25)39(31-16-10-19-35-40(31)29-14-6-8-18-34(29)42(35,2)3)27-13-5-4-12-26(27)38(28)32-17-11-21-37-41(32)30-15-7-9-20-36(30)43-37/h4-24H,1-3H3. The van der Waals surface area contributed by atoms with Crippen molar-refractivity contribution in [1.29, 1.82) is 0 Å². The zero-order valence-corrected chi connectivity index (χ0v) is 24.5. The average molecular weight is 551 g/mol. The van der Waals surface area contributed by atoms with Crippen LogP contribution >= 0.6 is 0 Å². The summed E-state index contributed by atoms with van der Waals surface area (Å²) in [4.78, 5) is 0. The second-order valence-electron chi connectivity index (χ2n) is 12.5. The number of hydrogen-bond acceptors (Lipinski definition) is 1. The van der Waals surface area contributed by atoms with E-state index in [0.29, 0.717) is 0 Å². The Balaban J connectivity index is 1.47. The van der Waals surface area contributed by atoms with Gasteiger partial charge in [-0.05, 0) is 85.1 Å². The molecule has 0 radical (unpaired) electrons. The molecule has 1 heteroatoms. The minimum atomic E-state index is -0.0542. The van der Waals surface area contributed by atoms with Crippen LogP contribution in [0, 0.1) is 6.92 Å². The Hall–Kier alpha value is -5.14. The molecular formula is C42H30O. The minimum absolute atomic E-state index is 0.0542. The van der Waals surface area contributed by atoms with E-state index >= 15 is 0 Å². The van der Waals surface area contributed by atoms with Gasteiger partial charge in [-0.15, -0.1) is 0 Å². The third-order valence-electron chi connectivity index (χ3n) is 9.73. The van der Waals surface area contributed by atoms with Gasteiger partial charge in [0.25, 0.3) is 0 Å². The van der Waals surface area contributed by atoms with Crippen molar-refractivity contribution in [2.45, 2.75) is 26.2 Å². The molecule has 43 heavy (non-hydrogen) atoms. The zero-order valence-electron chi connectivity index (χ0n) is 24.5. The minimum Gasteiger partial charge on any atom is -0.456 e. The number of hydrogen-bond donors (Lipinski definition) is 0. The van der Waals surface area contributed by atoms with Gasteiger partial charge in [0.2, 0.25) is 0 Å². The Bertz CT molecular complexity index is 2440. The van der Waals surface area contributed by atoms with Crippen LogP contribution in [0.3, 0.4) is 0 Å². The van der Waals surface area contributed by atoms with Crippen LogP contribution in [-0.2, 0) is 5.41 Å². The quantitative estimate of drug-likeness (QED) is 0.195. The molecule has 0 atom stereocenters. The van der Waals surface area contributed by atoms with E-state index in [1.807, 2.05) is 6.07 Å². The number of para-hydroxylation sites is 1. The molecular weight excluding hydrogens is 520 g/mol. The van der Waals surface area contributed by atoms with Crippen LogP contribution in [0.15, 0.2) is 132 Å². The van der Waals surface area contributed by atoms with Crippen LogP contribution in [0.5, 0.6) is 0 Å². The van der Waals surface area contributed by atoms with E-state index in [2.05, 4.69) is 142 Å². The smallest absolute Gasteiger partial charge is 0.136 e. The summed E-state index contributed by atoms with van der Waals surface area (Å²) in [6.07, 6.45) is 0. The molecule has 9 rings (SSSR count). The largest absolute Gasteiger partial charge is 0.456 e. The van der Waals surface area contributed by atoms with Crippen molar-refractivity contribution >= 4 is 43.5 Å². The monoisotopic (exact) mass is 550 g/mol. The maximum absolute atomic E-state index is 6.35. The van der Waals surface area contributed by atoms with E-state index in [1.165, 1.54) is 77.0 Å². The summed E-state index contributed by atoms with van der Waals surface area (Å²) < 4.78 is 6.35. The highest BCUT2D eigenvalue weighted by Crippen LogP contribution is 2.55. The van der Waals surface area contributed by atoms with Crippen molar-refractivity contribution in [2.24, 2.45) is 0 Å². The first-order chi connectivity index (χ1) is 21.0. The molecule has 8 aromatic rings. The summed E-state index contributed by atoms with van der Waals surface area (Å²) in [5.74, 6) is 0. The van der Waals surface area contributed by atoms with E-state index in [9.17, 15) is 0 Å². The molecule has 1 aliphatic rings. The first kappa shape index (κ1) is 24.5. The number of furan rings is 1. The van der Waals surface area contributed by atoms with Gasteiger partial charge in [0, 0.05) is 16.2 Å². The lowest BCUT2D eigenvalue weighted by Gasteiger charge is -2.23. The van der Waals surface area contributed by atoms with Crippen molar-refractivity contribution < 1.29 is 4.42 Å². The summed E-state index contributed by atoms with van der Waals surface area (Å²) in [5, 5.41) is 7.41. The predicted octanol–water partition coefficient (Wildman–Crippen LogP) is 11.8. The molecule has 1 nitrogen and oxygen atoms in total. The molecule has 0 N–H and O–H groups in total. The molecule has 0 amide bonds. The van der Waals surface area contributed by atoms with Crippen LogP contribution in [0.25, 0.3) is 76.9 Å². The Kier molecular flexibility index (Phi) is 4.94. The summed E-state index contributed by atoms with van der Waals surface area (Å²) in [6, 6.07) is 46.7. The van der Waals surface area contributed by atoms with Gasteiger partial charge in [-0.2, -0.15) is 0 Å². The molecule has 0 saturated heterocycles. The molecule has 1 heterocycles. The van der Waals surface area contributed by atoms with Gasteiger partial charge in [0.15, 0.2) is 0 Å². The van der Waals surface area contributed by atoms with Crippen molar-refractivity contribution in [3.05, 3.63) is 144 Å². The number of rotatable bonds is 2. The van der Waals surface area contributed by atoms with Crippen LogP contribution in [-0.4, -0.2) is 0 Å². The topological polar surface area (TPSA) is 13.1 Å². The molecule has 0 fully saturated rings. The lowest BCUT2D eigenvalue weighted by Crippen LogP contribution is -2.14. The third kappa shape index (κ3) is 3.28. The first-order valence-corrected chi connectivity index (χ1v) is 15.1. The fourth-order valence-electron chi connectivity index (χ4n) is 7.82. The molecule has 0 spiro atoms. The number of benzene rings is 7. The molecule has 0 aliphatic heterocycles. The molecule has 0 saturated carbocycles. The average Bonchev–Trinajstić information content (AvgIpc) is 3.53. The van der Waals surface area contributed by atoms with Crippen molar-refractivity contribution in [3.8, 4) is 33.4 Å². The Morgan fingerprint density at radius 2 is 1.02 bits per heavy atom. The first-order valence-electron chi connectivity index (χ1n) is 15.1. The zero-order chi connectivity index (χ0) is 28.9. The molecule has 1 aromatic heterocycles. The fourth-order valence-corrected chi connectivity index (χ4v) is 7.82. The summed E-state index contributed by atoms with van der Waals surface area (Å²) in [6.45, 7) is 6.93. The number of aryl methyl sites for hydroxylation is 1. The van der Waals surface area contributed by atoms with Gasteiger partial charge in [0.1, 0.15) is 11.2 Å². The lowest BCUT2D eigenvalue weighted by molar-refractivity contribution is 0.660. The van der Waals surface area contributed by atoms with Gasteiger partial charge >= 0.3 is 0 Å². The normalized spacial score (nSPS) is 13.7. The van der Waals surface area contributed by atoms with Crippen LogP contribution in [0.4, 0.5) is 0 Å². The van der Waals surface area contributed by atoms with Crippen LogP contribution < -0.4 is 0 Å². The maximum atomic E-state index is 6.35. The van der Waals surface area contributed by atoms with Crippen molar-refractivity contribution in [2.75, 3.05) is 0 Å². The van der Waals surface area contributed by atoms with Crippen molar-refractivity contribution in [3.63, 3.8) is 0 Å². The fraction of sp³-hybridized carbons (Fsp3) is 0.0952. The maximum Gasteiger partial charge on any atom is 0.136 e. The Morgan fingerprint density at radius 1 is 0.442 bits per heavy atom. The van der Waals surface area contributed by atoms with Gasteiger partial charge in [-0.1, -0.05) is 135 Å². The van der Waals surface area contributed by atoms with E-state index in [1.54, 1.807) is 0 Å². The van der Waals surface area contributed by atoms with Gasteiger partial charge in [-0.25, -0.2) is 0 Å². The van der Waals surface area contributed by atoms with E-state index in [4.69, 9.17) is 4.42 Å². The predicted molar refractivity (Wildman–Crippen MR) is 182 cm³/mol. The lowest BCUT2D eigenvalue weighted by atomic mass is 9.80. The van der Waals surface area contributed by atoms with E-state index in [0.717, 1.165) is 16.6 Å². The van der Waals surface area contributed by atoms with Crippen LogP contribution in [0.2, 0.25) is 0 Å². The summed E-state index contributed by atoms with van der Waals surface area (Å²) in [7, 11) is 0. The highest BCUT2D eigenvalue weighted by atomic mass is 16.3. The van der Waals surface area contributed by atoms with E-state index < -0.39 is 0 Å². The highest BCUT2D eigenvalue weighted by molar-refractivity contribution is 6.26. The molecule has 0 unspecified atom stereocenters. The summed E-state index contributed by atoms with van der Waals surface area (Å²) >= 11 is 0. The highest BCUT2D eigenvalue weighted by Gasteiger charge is 2.37. The SMILES string of the molecule is Cc1ccc2c(-c3cccc4oc5ccccc5c34)c3ccccc3c(-c3cccc4c3-c3ccccc3C4(C)C)c2c1. The van der Waals surface area contributed by atoms with Crippen molar-refractivity contribution in [1.82, 2.24) is 0 Å². The summed E-state index contributed by atoms with van der Waals surface area (Å²) in [5.41, 5.74) is 13.7. The molecule has 0 bridgehead atoms. The number of fused-ring (bicyclic) bond motifs is 8. The van der Waals surface area contributed by atoms with Crippen LogP contribution in [0.1, 0.15) is 30.5 Å². The van der Waals surface area contributed by atoms with Gasteiger partial charge in [-0.3, -0.25) is 0 Å². The Labute approximate surface area is 251 Å². The second kappa shape index (κ2) is 8.69. The molecule has 204 valence electrons. The third-order valence-corrected chi connectivity index (χ3v) is 9.73. The van der Waals surface area contributed by atoms with Gasteiger partial charge < -0.3 is 4.42 Å². The Morgan fingerprint density at radius 3 is 1.86 bits per heavy atom. The van der Waals surface area contributed by atoms with Gasteiger partial charge in [0.05, 0.1) is 0 Å². The van der Waals surface area contributed by atoms with E-state index in [-0.39, 0.29) is 5.41 Å². The molecule has 1 aliphatic carbocycles. The molecule has 7 aromatic carbocycles. The second-order valence-corrected chi connectivity index (χ2v) is 12.5.